The molecular formula is C15H17NO2. The molecule has 0 unspecified atom stereocenters. The first-order valence-corrected chi connectivity index (χ1v) is 6.48. The van der Waals surface area contributed by atoms with Crippen LogP contribution < -0.4 is 0 Å². The van der Waals surface area contributed by atoms with Crippen molar-refractivity contribution in [2.75, 3.05) is 0 Å². The molecule has 3 heteroatoms. The fourth-order valence-electron chi connectivity index (χ4n) is 2.62. The average Bonchev–Trinajstić information content (AvgIpc) is 3.10. The molecule has 1 saturated carbocycles. The van der Waals surface area contributed by atoms with Crippen LogP contribution in [-0.4, -0.2) is 16.1 Å². The summed E-state index contributed by atoms with van der Waals surface area (Å²) in [4.78, 5) is 14.1. The monoisotopic (exact) mass is 243 g/mol. The van der Waals surface area contributed by atoms with E-state index in [4.69, 9.17) is 5.11 Å². The van der Waals surface area contributed by atoms with Gasteiger partial charge < -0.3 is 10.1 Å². The van der Waals surface area contributed by atoms with Crippen LogP contribution in [0, 0.1) is 6.92 Å². The van der Waals surface area contributed by atoms with Gasteiger partial charge in [0.2, 0.25) is 0 Å². The van der Waals surface area contributed by atoms with Crippen LogP contribution in [0.2, 0.25) is 0 Å². The second-order valence-electron chi connectivity index (χ2n) is 5.20. The SMILES string of the molecule is Cc1[nH]c2ccc(C3CC3)cc2c1CCC(=O)O. The fourth-order valence-corrected chi connectivity index (χ4v) is 2.62. The number of benzene rings is 1. The van der Waals surface area contributed by atoms with Crippen LogP contribution in [0.3, 0.4) is 0 Å². The highest BCUT2D eigenvalue weighted by Gasteiger charge is 2.24. The molecule has 2 aromatic rings. The van der Waals surface area contributed by atoms with Crippen molar-refractivity contribution >= 4 is 16.9 Å². The second kappa shape index (κ2) is 4.16. The number of carboxylic acid groups (broad SMARTS) is 1. The number of H-pyrrole nitrogens is 1. The molecule has 0 bridgehead atoms. The third kappa shape index (κ3) is 2.01. The Balaban J connectivity index is 2.01. The Morgan fingerprint density at radius 2 is 2.22 bits per heavy atom. The quantitative estimate of drug-likeness (QED) is 0.865. The number of aromatic nitrogens is 1. The molecule has 18 heavy (non-hydrogen) atoms. The van der Waals surface area contributed by atoms with E-state index in [-0.39, 0.29) is 6.42 Å². The number of carbonyl (C=O) groups is 1. The molecule has 1 fully saturated rings. The summed E-state index contributed by atoms with van der Waals surface area (Å²) in [7, 11) is 0. The Labute approximate surface area is 106 Å². The molecule has 1 aliphatic carbocycles. The normalized spacial score (nSPS) is 15.2. The van der Waals surface area contributed by atoms with Crippen LogP contribution in [-0.2, 0) is 11.2 Å². The van der Waals surface area contributed by atoms with Crippen LogP contribution in [0.25, 0.3) is 10.9 Å². The van der Waals surface area contributed by atoms with Crippen molar-refractivity contribution in [3.8, 4) is 0 Å². The van der Waals surface area contributed by atoms with E-state index in [0.717, 1.165) is 22.7 Å². The molecular weight excluding hydrogens is 226 g/mol. The van der Waals surface area contributed by atoms with Crippen molar-refractivity contribution in [3.05, 3.63) is 35.0 Å². The molecule has 94 valence electrons. The highest BCUT2D eigenvalue weighted by atomic mass is 16.4. The molecule has 3 nitrogen and oxygen atoms in total. The molecule has 1 aromatic heterocycles. The fraction of sp³-hybridized carbons (Fsp3) is 0.400. The van der Waals surface area contributed by atoms with Crippen molar-refractivity contribution in [1.29, 1.82) is 0 Å². The number of aryl methyl sites for hydroxylation is 2. The maximum atomic E-state index is 10.7. The van der Waals surface area contributed by atoms with E-state index in [2.05, 4.69) is 23.2 Å². The number of fused-ring (bicyclic) bond motifs is 1. The summed E-state index contributed by atoms with van der Waals surface area (Å²) in [5.74, 6) is -0.000901. The highest BCUT2D eigenvalue weighted by Crippen LogP contribution is 2.41. The highest BCUT2D eigenvalue weighted by molar-refractivity contribution is 5.86. The van der Waals surface area contributed by atoms with Gasteiger partial charge in [-0.3, -0.25) is 4.79 Å². The van der Waals surface area contributed by atoms with Gasteiger partial charge in [-0.2, -0.15) is 0 Å². The molecule has 1 heterocycles. The number of hydrogen-bond acceptors (Lipinski definition) is 1. The van der Waals surface area contributed by atoms with Gasteiger partial charge in [0.25, 0.3) is 0 Å². The minimum atomic E-state index is -0.734. The van der Waals surface area contributed by atoms with E-state index >= 15 is 0 Å². The lowest BCUT2D eigenvalue weighted by atomic mass is 10.0. The van der Waals surface area contributed by atoms with Crippen molar-refractivity contribution < 1.29 is 9.90 Å². The molecule has 0 atom stereocenters. The Morgan fingerprint density at radius 1 is 1.44 bits per heavy atom. The molecule has 3 rings (SSSR count). The van der Waals surface area contributed by atoms with E-state index < -0.39 is 5.97 Å². The second-order valence-corrected chi connectivity index (χ2v) is 5.20. The third-order valence-corrected chi connectivity index (χ3v) is 3.78. The van der Waals surface area contributed by atoms with Gasteiger partial charge in [-0.25, -0.2) is 0 Å². The Bertz CT molecular complexity index is 608. The van der Waals surface area contributed by atoms with Crippen molar-refractivity contribution in [2.45, 2.75) is 38.5 Å². The summed E-state index contributed by atoms with van der Waals surface area (Å²) in [5, 5.41) is 10.0. The van der Waals surface area contributed by atoms with E-state index in [1.807, 2.05) is 6.92 Å². The van der Waals surface area contributed by atoms with Gasteiger partial charge in [-0.15, -0.1) is 0 Å². The Hall–Kier alpha value is -1.77. The predicted octanol–water partition coefficient (Wildman–Crippen LogP) is 3.37. The number of hydrogen-bond donors (Lipinski definition) is 2. The zero-order chi connectivity index (χ0) is 12.7. The first kappa shape index (κ1) is 11.3. The molecule has 0 radical (unpaired) electrons. The lowest BCUT2D eigenvalue weighted by Crippen LogP contribution is -1.98. The number of aromatic amines is 1. The van der Waals surface area contributed by atoms with E-state index in [1.165, 1.54) is 23.8 Å². The number of carboxylic acids is 1. The lowest BCUT2D eigenvalue weighted by Gasteiger charge is -2.01. The standard InChI is InChI=1S/C15H17NO2/c1-9-12(5-7-15(17)18)13-8-11(10-2-3-10)4-6-14(13)16-9/h4,6,8,10,16H,2-3,5,7H2,1H3,(H,17,18). The average molecular weight is 243 g/mol. The van der Waals surface area contributed by atoms with E-state index in [0.29, 0.717) is 6.42 Å². The third-order valence-electron chi connectivity index (χ3n) is 3.78. The maximum Gasteiger partial charge on any atom is 0.303 e. The van der Waals surface area contributed by atoms with Crippen LogP contribution in [0.15, 0.2) is 18.2 Å². The summed E-state index contributed by atoms with van der Waals surface area (Å²) in [6.45, 7) is 2.02. The van der Waals surface area contributed by atoms with Gasteiger partial charge in [0, 0.05) is 23.0 Å². The van der Waals surface area contributed by atoms with Gasteiger partial charge in [0.05, 0.1) is 0 Å². The van der Waals surface area contributed by atoms with Crippen LogP contribution >= 0.6 is 0 Å². The largest absolute Gasteiger partial charge is 0.481 e. The van der Waals surface area contributed by atoms with Crippen LogP contribution in [0.5, 0.6) is 0 Å². The summed E-state index contributed by atoms with van der Waals surface area (Å²) < 4.78 is 0. The molecule has 0 aliphatic heterocycles. The minimum Gasteiger partial charge on any atom is -0.481 e. The summed E-state index contributed by atoms with van der Waals surface area (Å²) in [6.07, 6.45) is 3.38. The molecule has 0 spiro atoms. The Kier molecular flexibility index (Phi) is 2.62. The molecule has 1 aromatic carbocycles. The molecule has 1 aliphatic rings. The zero-order valence-electron chi connectivity index (χ0n) is 10.5. The summed E-state index contributed by atoms with van der Waals surface area (Å²) >= 11 is 0. The van der Waals surface area contributed by atoms with Gasteiger partial charge in [0.15, 0.2) is 0 Å². The molecule has 0 amide bonds. The number of rotatable bonds is 4. The smallest absolute Gasteiger partial charge is 0.303 e. The van der Waals surface area contributed by atoms with Crippen molar-refractivity contribution in [3.63, 3.8) is 0 Å². The van der Waals surface area contributed by atoms with E-state index in [9.17, 15) is 4.79 Å². The molecule has 0 saturated heterocycles. The maximum absolute atomic E-state index is 10.7. The first-order chi connectivity index (χ1) is 8.65. The van der Waals surface area contributed by atoms with Gasteiger partial charge >= 0.3 is 5.97 Å². The molecule has 2 N–H and O–H groups in total. The van der Waals surface area contributed by atoms with Gasteiger partial charge in [-0.05, 0) is 55.4 Å². The van der Waals surface area contributed by atoms with Crippen LogP contribution in [0.1, 0.15) is 42.0 Å². The van der Waals surface area contributed by atoms with E-state index in [1.54, 1.807) is 0 Å². The summed E-state index contributed by atoms with van der Waals surface area (Å²) in [5.41, 5.74) is 4.78. The predicted molar refractivity (Wildman–Crippen MR) is 71.0 cm³/mol. The van der Waals surface area contributed by atoms with Gasteiger partial charge in [-0.1, -0.05) is 6.07 Å². The lowest BCUT2D eigenvalue weighted by molar-refractivity contribution is -0.136. The zero-order valence-corrected chi connectivity index (χ0v) is 10.5. The minimum absolute atomic E-state index is 0.196. The van der Waals surface area contributed by atoms with Crippen LogP contribution in [0.4, 0.5) is 0 Å². The number of nitrogens with one attached hydrogen (secondary N) is 1. The Morgan fingerprint density at radius 3 is 2.89 bits per heavy atom. The first-order valence-electron chi connectivity index (χ1n) is 6.48. The number of aliphatic carboxylic acids is 1. The van der Waals surface area contributed by atoms with Gasteiger partial charge in [0.1, 0.15) is 0 Å². The summed E-state index contributed by atoms with van der Waals surface area (Å²) in [6, 6.07) is 6.56. The van der Waals surface area contributed by atoms with Crippen molar-refractivity contribution in [1.82, 2.24) is 4.98 Å². The van der Waals surface area contributed by atoms with Crippen molar-refractivity contribution in [2.24, 2.45) is 0 Å². The topological polar surface area (TPSA) is 53.1 Å².